The molecule has 27 heavy (non-hydrogen) atoms. The zero-order valence-corrected chi connectivity index (χ0v) is 16.6. The van der Waals surface area contributed by atoms with Gasteiger partial charge in [-0.25, -0.2) is 9.98 Å². The Hall–Kier alpha value is -2.05. The first-order valence-corrected chi connectivity index (χ1v) is 9.90. The first-order valence-electron chi connectivity index (χ1n) is 9.90. The summed E-state index contributed by atoms with van der Waals surface area (Å²) in [5, 5.41) is 10.9. The van der Waals surface area contributed by atoms with Crippen LogP contribution >= 0.6 is 0 Å². The number of hydrogen-bond donors (Lipinski definition) is 3. The smallest absolute Gasteiger partial charge is 0.117 e. The minimum atomic E-state index is 0.358. The fraction of sp³-hybridized carbons (Fsp3) is 0.571. The number of benzene rings is 1. The number of likely N-dealkylation sites (tertiary alicyclic amines) is 1. The van der Waals surface area contributed by atoms with Gasteiger partial charge in [-0.2, -0.15) is 0 Å². The topological polar surface area (TPSA) is 89.9 Å². The predicted molar refractivity (Wildman–Crippen MR) is 113 cm³/mol. The summed E-state index contributed by atoms with van der Waals surface area (Å²) < 4.78 is 0. The summed E-state index contributed by atoms with van der Waals surface area (Å²) >= 11 is 0. The molecule has 0 radical (unpaired) electrons. The average Bonchev–Trinajstić information content (AvgIpc) is 2.63. The Kier molecular flexibility index (Phi) is 6.39. The van der Waals surface area contributed by atoms with Gasteiger partial charge in [0.05, 0.1) is 12.0 Å². The molecule has 0 unspecified atom stereocenters. The maximum atomic E-state index is 7.44. The molecule has 6 heteroatoms. The lowest BCUT2D eigenvalue weighted by molar-refractivity contribution is 0.0312. The van der Waals surface area contributed by atoms with E-state index in [0.717, 1.165) is 56.0 Å². The van der Waals surface area contributed by atoms with Gasteiger partial charge in [0.2, 0.25) is 0 Å². The van der Waals surface area contributed by atoms with Crippen molar-refractivity contribution in [3.8, 4) is 0 Å². The number of piperidine rings is 1. The van der Waals surface area contributed by atoms with E-state index in [1.807, 2.05) is 13.3 Å². The number of aryl methyl sites for hydroxylation is 1. The van der Waals surface area contributed by atoms with Gasteiger partial charge in [-0.3, -0.25) is 5.41 Å². The van der Waals surface area contributed by atoms with Crippen LogP contribution in [0.25, 0.3) is 0 Å². The van der Waals surface area contributed by atoms with Gasteiger partial charge in [0, 0.05) is 30.8 Å². The molecule has 0 atom stereocenters. The monoisotopic (exact) mass is 368 g/mol. The molecule has 2 aliphatic rings. The first kappa shape index (κ1) is 19.7. The third-order valence-electron chi connectivity index (χ3n) is 5.60. The van der Waals surface area contributed by atoms with Crippen molar-refractivity contribution >= 4 is 23.6 Å². The largest absolute Gasteiger partial charge is 0.361 e. The van der Waals surface area contributed by atoms with Crippen molar-refractivity contribution in [1.29, 1.82) is 5.41 Å². The minimum Gasteiger partial charge on any atom is -0.361 e. The van der Waals surface area contributed by atoms with E-state index in [1.165, 1.54) is 18.4 Å². The van der Waals surface area contributed by atoms with E-state index in [4.69, 9.17) is 16.1 Å². The van der Waals surface area contributed by atoms with Crippen LogP contribution < -0.4 is 11.1 Å². The second-order valence-corrected chi connectivity index (χ2v) is 8.00. The molecule has 0 aromatic heterocycles. The maximum absolute atomic E-state index is 7.44. The quantitative estimate of drug-likeness (QED) is 0.533. The summed E-state index contributed by atoms with van der Waals surface area (Å²) in [7, 11) is 0. The SMILES string of the molecule is CC(=N)/N=C(\C)CCc1ccc(/N=C\N2CC3(CCNCC3)C2)c(CN)c1. The van der Waals surface area contributed by atoms with Crippen molar-refractivity contribution in [2.75, 3.05) is 26.2 Å². The molecule has 0 bridgehead atoms. The zero-order valence-electron chi connectivity index (χ0n) is 16.6. The number of nitrogens with one attached hydrogen (secondary N) is 2. The van der Waals surface area contributed by atoms with Crippen molar-refractivity contribution in [1.82, 2.24) is 10.2 Å². The molecule has 2 heterocycles. The zero-order chi connectivity index (χ0) is 19.3. The number of nitrogens with zero attached hydrogens (tertiary/aromatic N) is 3. The lowest BCUT2D eigenvalue weighted by atomic mass is 9.73. The highest BCUT2D eigenvalue weighted by atomic mass is 15.2. The fourth-order valence-corrected chi connectivity index (χ4v) is 4.07. The summed E-state index contributed by atoms with van der Waals surface area (Å²) in [6, 6.07) is 6.35. The molecule has 1 aromatic carbocycles. The van der Waals surface area contributed by atoms with Gasteiger partial charge < -0.3 is 16.0 Å². The molecule has 2 fully saturated rings. The van der Waals surface area contributed by atoms with Crippen molar-refractivity contribution in [2.24, 2.45) is 21.1 Å². The third kappa shape index (κ3) is 5.23. The number of nitrogens with two attached hydrogens (primary N) is 1. The van der Waals surface area contributed by atoms with Crippen LogP contribution in [0.5, 0.6) is 0 Å². The molecule has 0 aliphatic carbocycles. The lowest BCUT2D eigenvalue weighted by Crippen LogP contribution is -2.59. The van der Waals surface area contributed by atoms with Crippen LogP contribution in [0.3, 0.4) is 0 Å². The highest BCUT2D eigenvalue weighted by molar-refractivity contribution is 5.94. The van der Waals surface area contributed by atoms with Crippen LogP contribution in [0, 0.1) is 10.8 Å². The maximum Gasteiger partial charge on any atom is 0.117 e. The van der Waals surface area contributed by atoms with Gasteiger partial charge in [-0.15, -0.1) is 0 Å². The fourth-order valence-electron chi connectivity index (χ4n) is 4.07. The van der Waals surface area contributed by atoms with Crippen molar-refractivity contribution < 1.29 is 0 Å². The van der Waals surface area contributed by atoms with Gasteiger partial charge in [0.15, 0.2) is 0 Å². The second-order valence-electron chi connectivity index (χ2n) is 8.00. The van der Waals surface area contributed by atoms with Crippen LogP contribution in [0.15, 0.2) is 28.2 Å². The lowest BCUT2D eigenvalue weighted by Gasteiger charge is -2.51. The summed E-state index contributed by atoms with van der Waals surface area (Å²) in [5.74, 6) is 0.358. The van der Waals surface area contributed by atoms with Crippen LogP contribution in [-0.2, 0) is 13.0 Å². The molecule has 146 valence electrons. The Balaban J connectivity index is 1.57. The summed E-state index contributed by atoms with van der Waals surface area (Å²) in [4.78, 5) is 11.2. The molecule has 1 spiro atoms. The highest BCUT2D eigenvalue weighted by Gasteiger charge is 2.42. The van der Waals surface area contributed by atoms with E-state index in [1.54, 1.807) is 6.92 Å². The molecule has 2 aliphatic heterocycles. The van der Waals surface area contributed by atoms with Crippen LogP contribution in [0.1, 0.15) is 44.2 Å². The van der Waals surface area contributed by atoms with Gasteiger partial charge >= 0.3 is 0 Å². The van der Waals surface area contributed by atoms with E-state index in [0.29, 0.717) is 17.8 Å². The van der Waals surface area contributed by atoms with Gasteiger partial charge in [-0.1, -0.05) is 12.1 Å². The number of aliphatic imine (C=N–C) groups is 2. The van der Waals surface area contributed by atoms with Gasteiger partial charge in [-0.05, 0) is 69.8 Å². The van der Waals surface area contributed by atoms with E-state index < -0.39 is 0 Å². The van der Waals surface area contributed by atoms with E-state index >= 15 is 0 Å². The summed E-state index contributed by atoms with van der Waals surface area (Å²) in [6.07, 6.45) is 6.31. The molecular weight excluding hydrogens is 336 g/mol. The van der Waals surface area contributed by atoms with Crippen molar-refractivity contribution in [3.63, 3.8) is 0 Å². The van der Waals surface area contributed by atoms with E-state index in [2.05, 4.69) is 33.4 Å². The average molecular weight is 369 g/mol. The summed E-state index contributed by atoms with van der Waals surface area (Å²) in [6.45, 7) is 8.71. The van der Waals surface area contributed by atoms with E-state index in [-0.39, 0.29) is 0 Å². The van der Waals surface area contributed by atoms with Gasteiger partial charge in [0.1, 0.15) is 5.84 Å². The molecule has 1 aromatic rings. The number of rotatable bonds is 6. The Morgan fingerprint density at radius 2 is 2.04 bits per heavy atom. The van der Waals surface area contributed by atoms with E-state index in [9.17, 15) is 0 Å². The minimum absolute atomic E-state index is 0.358. The third-order valence-corrected chi connectivity index (χ3v) is 5.60. The molecule has 3 rings (SSSR count). The summed E-state index contributed by atoms with van der Waals surface area (Å²) in [5.41, 5.74) is 10.8. The van der Waals surface area contributed by atoms with Crippen LogP contribution in [0.2, 0.25) is 0 Å². The molecule has 0 amide bonds. The Bertz CT molecular complexity index is 722. The number of amidine groups is 1. The molecule has 0 saturated carbocycles. The molecule has 2 saturated heterocycles. The molecule has 6 nitrogen and oxygen atoms in total. The standard InChI is InChI=1S/C21H32N6/c1-16(26-17(2)23)3-4-18-5-6-20(19(11-18)12-22)25-15-27-13-21(14-27)7-9-24-10-8-21/h5-6,11,15,23-24H,3-4,7-10,12-14,22H2,1-2H3/b23-17?,25-15-,26-16+. The predicted octanol–water partition coefficient (Wildman–Crippen LogP) is 2.88. The Labute approximate surface area is 162 Å². The Morgan fingerprint density at radius 1 is 1.30 bits per heavy atom. The van der Waals surface area contributed by atoms with Crippen LogP contribution in [0.4, 0.5) is 5.69 Å². The number of hydrogen-bond acceptors (Lipinski definition) is 4. The molecule has 4 N–H and O–H groups in total. The van der Waals surface area contributed by atoms with Crippen molar-refractivity contribution in [3.05, 3.63) is 29.3 Å². The normalized spacial score (nSPS) is 19.5. The Morgan fingerprint density at radius 3 is 2.70 bits per heavy atom. The second kappa shape index (κ2) is 8.76. The van der Waals surface area contributed by atoms with Crippen molar-refractivity contribution in [2.45, 2.75) is 46.1 Å². The highest BCUT2D eigenvalue weighted by Crippen LogP contribution is 2.38. The van der Waals surface area contributed by atoms with Gasteiger partial charge in [0.25, 0.3) is 0 Å². The first-order chi connectivity index (χ1) is 13.0. The van der Waals surface area contributed by atoms with Crippen LogP contribution in [-0.4, -0.2) is 49.0 Å². The molecular formula is C21H32N6.